The first kappa shape index (κ1) is 18.8. The van der Waals surface area contributed by atoms with E-state index >= 15 is 0 Å². The molecule has 0 amide bonds. The normalized spacial score (nSPS) is 12.5. The highest BCUT2D eigenvalue weighted by Gasteiger charge is 2.34. The molecule has 3 aromatic rings. The Bertz CT molecular complexity index is 1140. The Kier molecular flexibility index (Phi) is 5.18. The van der Waals surface area contributed by atoms with Crippen LogP contribution in [0.3, 0.4) is 0 Å². The topological polar surface area (TPSA) is 102 Å². The summed E-state index contributed by atoms with van der Waals surface area (Å²) in [6.45, 7) is 0. The minimum Gasteiger partial charge on any atom is -0.258 e. The van der Waals surface area contributed by atoms with Crippen LogP contribution in [0.2, 0.25) is 0 Å². The molecule has 0 aliphatic carbocycles. The number of carbonyl (C=O) groups excluding carboxylic acids is 2. The molecule has 0 saturated carbocycles. The average Bonchev–Trinajstić information content (AvgIpc) is 2.69. The van der Waals surface area contributed by atoms with Crippen LogP contribution in [0.5, 0.6) is 0 Å². The number of fused-ring (bicyclic) bond motifs is 1. The maximum atomic E-state index is 13.7. The van der Waals surface area contributed by atoms with E-state index < -0.39 is 22.1 Å². The Morgan fingerprint density at radius 2 is 1.68 bits per heavy atom. The van der Waals surface area contributed by atoms with Crippen molar-refractivity contribution in [2.45, 2.75) is 12.1 Å². The molecule has 0 bridgehead atoms. The molecule has 0 aliphatic heterocycles. The predicted octanol–water partition coefficient (Wildman–Crippen LogP) is 3.95. The Balaban J connectivity index is 2.25. The second-order valence-corrected chi connectivity index (χ2v) is 5.97. The molecule has 0 heterocycles. The predicted molar refractivity (Wildman–Crippen MR) is 98.6 cm³/mol. The fourth-order valence-electron chi connectivity index (χ4n) is 3.14. The lowest BCUT2D eigenvalue weighted by Gasteiger charge is -2.24. The molecule has 0 saturated heterocycles. The van der Waals surface area contributed by atoms with Crippen molar-refractivity contribution in [3.63, 3.8) is 0 Å². The van der Waals surface area contributed by atoms with E-state index in [0.29, 0.717) is 10.9 Å². The van der Waals surface area contributed by atoms with E-state index in [0.717, 1.165) is 17.5 Å². The molecule has 0 spiro atoms. The molecule has 28 heavy (non-hydrogen) atoms. The molecule has 0 aliphatic rings. The van der Waals surface area contributed by atoms with Gasteiger partial charge >= 0.3 is 5.69 Å². The number of nitro groups is 1. The summed E-state index contributed by atoms with van der Waals surface area (Å²) in [5, 5.41) is 12.5. The summed E-state index contributed by atoms with van der Waals surface area (Å²) in [4.78, 5) is 40.0. The molecule has 3 aromatic carbocycles. The zero-order valence-corrected chi connectivity index (χ0v) is 14.3. The highest BCUT2D eigenvalue weighted by atomic mass is 19.1. The molecule has 0 radical (unpaired) electrons. The number of benzene rings is 3. The van der Waals surface area contributed by atoms with Gasteiger partial charge in [0.1, 0.15) is 0 Å². The highest BCUT2D eigenvalue weighted by molar-refractivity contribution is 5.87. The zero-order chi connectivity index (χ0) is 20.1. The van der Waals surface area contributed by atoms with Crippen LogP contribution in [0, 0.1) is 15.9 Å². The van der Waals surface area contributed by atoms with Gasteiger partial charge in [0.15, 0.2) is 0 Å². The molecule has 0 unspecified atom stereocenters. The van der Waals surface area contributed by atoms with Crippen molar-refractivity contribution >= 4 is 28.6 Å². The summed E-state index contributed by atoms with van der Waals surface area (Å²) in [6, 6.07) is 15.7. The van der Waals surface area contributed by atoms with Crippen molar-refractivity contribution in [1.82, 2.24) is 0 Å². The van der Waals surface area contributed by atoms with Crippen molar-refractivity contribution in [2.24, 2.45) is 9.98 Å². The van der Waals surface area contributed by atoms with Crippen LogP contribution < -0.4 is 0 Å². The van der Waals surface area contributed by atoms with E-state index in [-0.39, 0.29) is 12.0 Å². The van der Waals surface area contributed by atoms with Crippen molar-refractivity contribution < 1.29 is 18.9 Å². The van der Waals surface area contributed by atoms with E-state index in [1.165, 1.54) is 18.2 Å². The largest absolute Gasteiger partial charge is 0.305 e. The Labute approximate surface area is 158 Å². The van der Waals surface area contributed by atoms with Gasteiger partial charge in [0, 0.05) is 18.1 Å². The third kappa shape index (κ3) is 3.46. The first-order chi connectivity index (χ1) is 13.5. The van der Waals surface area contributed by atoms with Crippen molar-refractivity contribution in [1.29, 1.82) is 0 Å². The maximum Gasteiger partial charge on any atom is 0.305 e. The van der Waals surface area contributed by atoms with E-state index in [1.807, 2.05) is 18.2 Å². The minimum atomic E-state index is -1.74. The number of halogens is 1. The lowest BCUT2D eigenvalue weighted by Crippen LogP contribution is -2.25. The van der Waals surface area contributed by atoms with Crippen molar-refractivity contribution in [3.8, 4) is 0 Å². The highest BCUT2D eigenvalue weighted by Crippen LogP contribution is 2.36. The third-order valence-electron chi connectivity index (χ3n) is 4.34. The lowest BCUT2D eigenvalue weighted by molar-refractivity contribution is -0.387. The van der Waals surface area contributed by atoms with E-state index in [4.69, 9.17) is 0 Å². The average molecular weight is 377 g/mol. The number of nitro benzene ring substituents is 1. The van der Waals surface area contributed by atoms with Crippen LogP contribution >= 0.6 is 0 Å². The van der Waals surface area contributed by atoms with E-state index in [9.17, 15) is 24.1 Å². The summed E-state index contributed by atoms with van der Waals surface area (Å²) < 4.78 is 13.7. The number of rotatable bonds is 6. The van der Waals surface area contributed by atoms with Crippen LogP contribution in [-0.2, 0) is 21.7 Å². The smallest absolute Gasteiger partial charge is 0.258 e. The molecule has 0 fully saturated rings. The monoisotopic (exact) mass is 377 g/mol. The van der Waals surface area contributed by atoms with Crippen LogP contribution in [0.1, 0.15) is 11.1 Å². The molecule has 8 heteroatoms. The second-order valence-electron chi connectivity index (χ2n) is 5.97. The molecule has 3 rings (SSSR count). The fraction of sp³-hybridized carbons (Fsp3) is 0.100. The molecule has 7 nitrogen and oxygen atoms in total. The van der Waals surface area contributed by atoms with Gasteiger partial charge in [0.25, 0.3) is 0 Å². The van der Waals surface area contributed by atoms with Gasteiger partial charge in [0.05, 0.1) is 4.92 Å². The van der Waals surface area contributed by atoms with Crippen LogP contribution in [-0.4, -0.2) is 17.1 Å². The molecule has 0 N–H and O–H groups in total. The minimum absolute atomic E-state index is 0.202. The van der Waals surface area contributed by atoms with Crippen molar-refractivity contribution in [3.05, 3.63) is 87.7 Å². The second kappa shape index (κ2) is 7.72. The Morgan fingerprint density at radius 3 is 2.36 bits per heavy atom. The first-order valence-corrected chi connectivity index (χ1v) is 8.10. The van der Waals surface area contributed by atoms with Gasteiger partial charge in [-0.05, 0) is 22.4 Å². The van der Waals surface area contributed by atoms with E-state index in [1.54, 1.807) is 24.3 Å². The molecule has 0 atom stereocenters. The van der Waals surface area contributed by atoms with Crippen LogP contribution in [0.15, 0.2) is 70.6 Å². The van der Waals surface area contributed by atoms with Gasteiger partial charge in [-0.2, -0.15) is 14.4 Å². The van der Waals surface area contributed by atoms with Crippen LogP contribution in [0.4, 0.5) is 10.1 Å². The maximum absolute atomic E-state index is 13.7. The number of hydrogen-bond acceptors (Lipinski definition) is 6. The number of aliphatic imine (C=N–C) groups is 2. The summed E-state index contributed by atoms with van der Waals surface area (Å²) >= 11 is 0. The summed E-state index contributed by atoms with van der Waals surface area (Å²) in [7, 11) is 0. The van der Waals surface area contributed by atoms with Gasteiger partial charge in [-0.25, -0.2) is 9.59 Å². The Morgan fingerprint density at radius 1 is 1.00 bits per heavy atom. The SMILES string of the molecule is O=C=NC(Cc1ccc(F)c([N+](=O)[O-])c1)(N=C=O)c1cccc2ccccc12. The number of nitrogens with zero attached hydrogens (tertiary/aromatic N) is 3. The molecular formula is C20H12FN3O4. The molecule has 138 valence electrons. The quantitative estimate of drug-likeness (QED) is 0.281. The standard InChI is InChI=1S/C20H12FN3O4/c21-18-9-8-14(10-19(18)24(27)28)11-20(22-12-25,23-13-26)17-7-3-5-15-4-1-2-6-16(15)17/h1-10H,11H2. The molecular weight excluding hydrogens is 365 g/mol. The zero-order valence-electron chi connectivity index (χ0n) is 14.3. The third-order valence-corrected chi connectivity index (χ3v) is 4.34. The van der Waals surface area contributed by atoms with Crippen LogP contribution in [0.25, 0.3) is 10.8 Å². The summed E-state index contributed by atoms with van der Waals surface area (Å²) in [6.07, 6.45) is 2.64. The fourth-order valence-corrected chi connectivity index (χ4v) is 3.14. The van der Waals surface area contributed by atoms with E-state index in [2.05, 4.69) is 9.98 Å². The summed E-state index contributed by atoms with van der Waals surface area (Å²) in [5.74, 6) is -0.998. The van der Waals surface area contributed by atoms with Gasteiger partial charge in [-0.15, -0.1) is 0 Å². The van der Waals surface area contributed by atoms with Crippen molar-refractivity contribution in [2.75, 3.05) is 0 Å². The van der Waals surface area contributed by atoms with Gasteiger partial charge in [-0.1, -0.05) is 48.5 Å². The number of isocyanates is 2. The Hall–Kier alpha value is -3.99. The lowest BCUT2D eigenvalue weighted by atomic mass is 9.89. The first-order valence-electron chi connectivity index (χ1n) is 8.10. The van der Waals surface area contributed by atoms with Gasteiger partial charge in [0.2, 0.25) is 23.6 Å². The molecule has 0 aromatic heterocycles. The number of hydrogen-bond donors (Lipinski definition) is 0. The van der Waals surface area contributed by atoms with Gasteiger partial charge in [-0.3, -0.25) is 10.1 Å². The summed E-state index contributed by atoms with van der Waals surface area (Å²) in [5.41, 5.74) is -1.78. The van der Waals surface area contributed by atoms with Gasteiger partial charge < -0.3 is 0 Å².